The van der Waals surface area contributed by atoms with Gasteiger partial charge >= 0.3 is 167 Å². The Morgan fingerprint density at radius 1 is 0.963 bits per heavy atom. The third-order valence-corrected chi connectivity index (χ3v) is 8.33. The molecule has 5 nitrogen and oxygen atoms in total. The third kappa shape index (κ3) is 3.89. The van der Waals surface area contributed by atoms with Crippen molar-refractivity contribution in [1.29, 1.82) is 0 Å². The van der Waals surface area contributed by atoms with E-state index in [0.717, 1.165) is 16.3 Å². The standard InChI is InChI=1S/C18H13ClN2O3.2CH3.Sn/c19-14-5-6-16(22)13(7-14)10-20-21-18(24)15-8-11-3-1-2-4-12(11)9-17(15)23;;;/h1-10,22-23H,(H,21,24);2*1H3;/q;;;+2/p-2/b20-10+;;;. The van der Waals surface area contributed by atoms with Gasteiger partial charge in [-0.25, -0.2) is 0 Å². The molecule has 1 N–H and O–H groups in total. The fraction of sp³-hybridized carbons (Fsp3) is 0.100. The van der Waals surface area contributed by atoms with E-state index in [0.29, 0.717) is 16.3 Å². The molecule has 1 aliphatic rings. The van der Waals surface area contributed by atoms with Crippen molar-refractivity contribution in [2.45, 2.75) is 9.88 Å². The van der Waals surface area contributed by atoms with Gasteiger partial charge in [-0.3, -0.25) is 0 Å². The first-order chi connectivity index (χ1) is 12.9. The molecule has 0 saturated carbocycles. The van der Waals surface area contributed by atoms with Crippen LogP contribution < -0.4 is 3.07 Å². The summed E-state index contributed by atoms with van der Waals surface area (Å²) >= 11 is 2.58. The molecule has 4 rings (SSSR count). The van der Waals surface area contributed by atoms with Crippen LogP contribution in [0.3, 0.4) is 0 Å². The number of rotatable bonds is 1. The molecule has 0 aliphatic carbocycles. The van der Waals surface area contributed by atoms with Gasteiger partial charge in [0, 0.05) is 0 Å². The summed E-state index contributed by atoms with van der Waals surface area (Å²) in [4.78, 5) is 3.96. The number of fused-ring (bicyclic) bond motifs is 2. The number of phenolic OH excluding ortho intramolecular Hbond substituents is 1. The molecule has 0 amide bonds. The number of hydrogen-bond acceptors (Lipinski definition) is 5. The monoisotopic (exact) mass is 488 g/mol. The molecule has 3 aromatic rings. The topological polar surface area (TPSA) is 63.4 Å². The van der Waals surface area contributed by atoms with Crippen LogP contribution in [-0.2, 0) is 3.07 Å². The second-order valence-corrected chi connectivity index (χ2v) is 16.2. The van der Waals surface area contributed by atoms with E-state index in [4.69, 9.17) is 17.7 Å². The predicted octanol–water partition coefficient (Wildman–Crippen LogP) is 5.09. The molecule has 3 aromatic carbocycles. The first kappa shape index (κ1) is 18.1. The molecule has 0 radical (unpaired) electrons. The van der Waals surface area contributed by atoms with Crippen LogP contribution in [0.2, 0.25) is 14.9 Å². The zero-order valence-corrected chi connectivity index (χ0v) is 18.4. The van der Waals surface area contributed by atoms with Gasteiger partial charge in [-0.05, 0) is 0 Å². The van der Waals surface area contributed by atoms with Crippen molar-refractivity contribution in [3.63, 3.8) is 0 Å². The van der Waals surface area contributed by atoms with Gasteiger partial charge in [-0.15, -0.1) is 0 Å². The van der Waals surface area contributed by atoms with Gasteiger partial charge in [0.15, 0.2) is 0 Å². The molecule has 0 saturated heterocycles. The van der Waals surface area contributed by atoms with E-state index in [1.165, 1.54) is 0 Å². The van der Waals surface area contributed by atoms with E-state index in [9.17, 15) is 5.11 Å². The van der Waals surface area contributed by atoms with E-state index in [1.807, 2.05) is 46.3 Å². The Hall–Kier alpha value is -2.25. The molecular formula is C20H17ClN2O3Sn. The fourth-order valence-corrected chi connectivity index (χ4v) is 7.00. The first-order valence-electron chi connectivity index (χ1n) is 8.42. The van der Waals surface area contributed by atoms with Crippen LogP contribution in [0.5, 0.6) is 11.5 Å². The van der Waals surface area contributed by atoms with Crippen molar-refractivity contribution in [3.8, 4) is 11.5 Å². The van der Waals surface area contributed by atoms with Crippen molar-refractivity contribution in [2.24, 2.45) is 10.2 Å². The molecule has 0 atom stereocenters. The van der Waals surface area contributed by atoms with Crippen molar-refractivity contribution in [1.82, 2.24) is 0 Å². The van der Waals surface area contributed by atoms with Crippen molar-refractivity contribution < 1.29 is 11.3 Å². The second-order valence-electron chi connectivity index (χ2n) is 6.65. The van der Waals surface area contributed by atoms with Crippen LogP contribution in [0, 0.1) is 0 Å². The Morgan fingerprint density at radius 3 is 2.48 bits per heavy atom. The molecule has 0 aromatic heterocycles. The van der Waals surface area contributed by atoms with E-state index in [2.05, 4.69) is 10.2 Å². The molecule has 0 unspecified atom stereocenters. The Bertz CT molecular complexity index is 1100. The van der Waals surface area contributed by atoms with Crippen LogP contribution in [0.15, 0.2) is 64.8 Å². The first-order valence-corrected chi connectivity index (χ1v) is 16.8. The van der Waals surface area contributed by atoms with Gasteiger partial charge in [0.25, 0.3) is 0 Å². The number of aromatic hydroxyl groups is 1. The molecule has 27 heavy (non-hydrogen) atoms. The zero-order chi connectivity index (χ0) is 19.0. The normalized spacial score (nSPS) is 18.7. The summed E-state index contributed by atoms with van der Waals surface area (Å²) in [6.07, 6.45) is 1.58. The van der Waals surface area contributed by atoms with Gasteiger partial charge in [-0.2, -0.15) is 0 Å². The zero-order valence-electron chi connectivity index (χ0n) is 14.8. The molecular weight excluding hydrogens is 470 g/mol. The van der Waals surface area contributed by atoms with E-state index in [-0.39, 0.29) is 11.6 Å². The number of hydrogen-bond donors (Lipinski definition) is 1. The maximum atomic E-state index is 10.5. The van der Waals surface area contributed by atoms with Crippen LogP contribution in [-0.4, -0.2) is 36.4 Å². The maximum absolute atomic E-state index is 10.5. The summed E-state index contributed by atoms with van der Waals surface area (Å²) < 4.78 is 12.4. The molecule has 136 valence electrons. The quantitative estimate of drug-likeness (QED) is 0.487. The van der Waals surface area contributed by atoms with Crippen LogP contribution in [0.4, 0.5) is 0 Å². The van der Waals surface area contributed by atoms with E-state index < -0.39 is 19.2 Å². The van der Waals surface area contributed by atoms with Gasteiger partial charge in [-0.1, -0.05) is 0 Å². The summed E-state index contributed by atoms with van der Waals surface area (Å²) in [5, 5.41) is 21.4. The second kappa shape index (κ2) is 7.05. The Labute approximate surface area is 166 Å². The number of benzene rings is 3. The SMILES string of the molecule is [CH3][Sn]1([CH3])[O]/C(c2cc3ccccc3cc2O)=N\N=C\c2cc(Cl)ccc2[O]1. The Balaban J connectivity index is 1.83. The van der Waals surface area contributed by atoms with Crippen molar-refractivity contribution >= 4 is 53.7 Å². The van der Waals surface area contributed by atoms with Gasteiger partial charge in [0.1, 0.15) is 0 Å². The van der Waals surface area contributed by atoms with Gasteiger partial charge in [0.05, 0.1) is 0 Å². The molecule has 1 aliphatic heterocycles. The number of nitrogens with zero attached hydrogens (tertiary/aromatic N) is 2. The van der Waals surface area contributed by atoms with Crippen molar-refractivity contribution in [3.05, 3.63) is 70.7 Å². The fourth-order valence-electron chi connectivity index (χ4n) is 2.90. The molecule has 0 fully saturated rings. The predicted molar refractivity (Wildman–Crippen MR) is 110 cm³/mol. The Morgan fingerprint density at radius 2 is 1.70 bits per heavy atom. The average molecular weight is 488 g/mol. The summed E-state index contributed by atoms with van der Waals surface area (Å²) in [5.74, 6) is 1.02. The van der Waals surface area contributed by atoms with Crippen LogP contribution in [0.1, 0.15) is 11.1 Å². The summed E-state index contributed by atoms with van der Waals surface area (Å²) in [7, 11) is 0. The van der Waals surface area contributed by atoms with Crippen LogP contribution in [0.25, 0.3) is 10.8 Å². The Kier molecular flexibility index (Phi) is 4.73. The minimum absolute atomic E-state index is 0.0875. The van der Waals surface area contributed by atoms with Crippen LogP contribution >= 0.6 is 11.6 Å². The third-order valence-electron chi connectivity index (χ3n) is 4.11. The molecule has 0 bridgehead atoms. The molecule has 7 heteroatoms. The number of phenols is 1. The average Bonchev–Trinajstić information content (AvgIpc) is 2.68. The van der Waals surface area contributed by atoms with Gasteiger partial charge in [0.2, 0.25) is 0 Å². The van der Waals surface area contributed by atoms with Gasteiger partial charge < -0.3 is 0 Å². The van der Waals surface area contributed by atoms with E-state index >= 15 is 0 Å². The van der Waals surface area contributed by atoms with Crippen molar-refractivity contribution in [2.75, 3.05) is 0 Å². The summed E-state index contributed by atoms with van der Waals surface area (Å²) in [6, 6.07) is 16.7. The molecule has 1 heterocycles. The van der Waals surface area contributed by atoms with E-state index in [1.54, 1.807) is 24.4 Å². The number of halogens is 1. The summed E-state index contributed by atoms with van der Waals surface area (Å²) in [6.45, 7) is 0. The summed E-state index contributed by atoms with van der Waals surface area (Å²) in [5.41, 5.74) is 1.23. The minimum atomic E-state index is -3.51. The molecule has 0 spiro atoms.